The standard InChI is InChI=1S/C13H19N3O/c1-10-5-6-11(8-15-10)9-16-13(17)12-4-2-3-7-14-12/h5-6,8,12,14H,2-4,7,9H2,1H3,(H,16,17)/t12-/m0/s1. The number of aromatic nitrogens is 1. The van der Waals surface area contributed by atoms with Crippen LogP contribution in [0.4, 0.5) is 0 Å². The van der Waals surface area contributed by atoms with E-state index < -0.39 is 0 Å². The van der Waals surface area contributed by atoms with Gasteiger partial charge in [0.25, 0.3) is 0 Å². The molecule has 1 fully saturated rings. The largest absolute Gasteiger partial charge is 0.351 e. The number of amides is 1. The molecule has 2 rings (SSSR count). The molecule has 2 N–H and O–H groups in total. The lowest BCUT2D eigenvalue weighted by Crippen LogP contribution is -2.46. The van der Waals surface area contributed by atoms with Crippen LogP contribution in [0, 0.1) is 6.92 Å². The number of carbonyl (C=O) groups is 1. The van der Waals surface area contributed by atoms with E-state index in [0.29, 0.717) is 6.54 Å². The fourth-order valence-electron chi connectivity index (χ4n) is 1.99. The Bertz CT molecular complexity index is 369. The molecular formula is C13H19N3O. The summed E-state index contributed by atoms with van der Waals surface area (Å²) >= 11 is 0. The van der Waals surface area contributed by atoms with Gasteiger partial charge in [0.1, 0.15) is 0 Å². The van der Waals surface area contributed by atoms with E-state index in [1.165, 1.54) is 6.42 Å². The Morgan fingerprint density at radius 3 is 3.06 bits per heavy atom. The molecule has 92 valence electrons. The maximum atomic E-state index is 11.8. The molecule has 1 saturated heterocycles. The van der Waals surface area contributed by atoms with Gasteiger partial charge >= 0.3 is 0 Å². The summed E-state index contributed by atoms with van der Waals surface area (Å²) in [6.07, 6.45) is 5.06. The number of nitrogens with one attached hydrogen (secondary N) is 2. The average molecular weight is 233 g/mol. The van der Waals surface area contributed by atoms with Crippen molar-refractivity contribution in [2.45, 2.75) is 38.8 Å². The summed E-state index contributed by atoms with van der Waals surface area (Å²) < 4.78 is 0. The van der Waals surface area contributed by atoms with Crippen LogP contribution in [-0.2, 0) is 11.3 Å². The first-order chi connectivity index (χ1) is 8.25. The number of rotatable bonds is 3. The minimum Gasteiger partial charge on any atom is -0.351 e. The van der Waals surface area contributed by atoms with Crippen LogP contribution in [0.5, 0.6) is 0 Å². The lowest BCUT2D eigenvalue weighted by molar-refractivity contribution is -0.123. The van der Waals surface area contributed by atoms with Crippen molar-refractivity contribution in [3.63, 3.8) is 0 Å². The fourth-order valence-corrected chi connectivity index (χ4v) is 1.99. The predicted molar refractivity (Wildman–Crippen MR) is 66.5 cm³/mol. The van der Waals surface area contributed by atoms with E-state index in [4.69, 9.17) is 0 Å². The highest BCUT2D eigenvalue weighted by atomic mass is 16.2. The maximum absolute atomic E-state index is 11.8. The van der Waals surface area contributed by atoms with Gasteiger partial charge in [-0.05, 0) is 37.9 Å². The summed E-state index contributed by atoms with van der Waals surface area (Å²) in [5.74, 6) is 0.102. The molecule has 0 spiro atoms. The summed E-state index contributed by atoms with van der Waals surface area (Å²) in [6, 6.07) is 3.94. The van der Waals surface area contributed by atoms with Crippen LogP contribution < -0.4 is 10.6 Å². The minimum atomic E-state index is -0.0119. The van der Waals surface area contributed by atoms with Crippen LogP contribution in [0.15, 0.2) is 18.3 Å². The third-order valence-corrected chi connectivity index (χ3v) is 3.07. The molecule has 1 amide bonds. The van der Waals surface area contributed by atoms with E-state index in [9.17, 15) is 4.79 Å². The predicted octanol–water partition coefficient (Wildman–Crippen LogP) is 1.15. The third-order valence-electron chi connectivity index (χ3n) is 3.07. The highest BCUT2D eigenvalue weighted by Gasteiger charge is 2.19. The van der Waals surface area contributed by atoms with E-state index in [1.54, 1.807) is 0 Å². The molecule has 4 nitrogen and oxygen atoms in total. The van der Waals surface area contributed by atoms with Crippen LogP contribution in [0.3, 0.4) is 0 Å². The molecule has 0 bridgehead atoms. The third kappa shape index (κ3) is 3.53. The Labute approximate surface area is 102 Å². The highest BCUT2D eigenvalue weighted by molar-refractivity contribution is 5.81. The van der Waals surface area contributed by atoms with Crippen LogP contribution in [-0.4, -0.2) is 23.5 Å². The number of pyridine rings is 1. The van der Waals surface area contributed by atoms with Crippen LogP contribution in [0.2, 0.25) is 0 Å². The van der Waals surface area contributed by atoms with Gasteiger partial charge in [-0.25, -0.2) is 0 Å². The van der Waals surface area contributed by atoms with E-state index in [-0.39, 0.29) is 11.9 Å². The summed E-state index contributed by atoms with van der Waals surface area (Å²) in [6.45, 7) is 3.46. The summed E-state index contributed by atoms with van der Waals surface area (Å²) in [4.78, 5) is 16.0. The Hall–Kier alpha value is -1.42. The maximum Gasteiger partial charge on any atom is 0.237 e. The van der Waals surface area contributed by atoms with E-state index >= 15 is 0 Å². The zero-order valence-corrected chi connectivity index (χ0v) is 10.2. The van der Waals surface area contributed by atoms with E-state index in [0.717, 1.165) is 30.6 Å². The number of hydrogen-bond donors (Lipinski definition) is 2. The molecule has 0 unspecified atom stereocenters. The van der Waals surface area contributed by atoms with Crippen LogP contribution in [0.25, 0.3) is 0 Å². The van der Waals surface area contributed by atoms with Gasteiger partial charge in [-0.15, -0.1) is 0 Å². The number of nitrogens with zero attached hydrogens (tertiary/aromatic N) is 1. The Balaban J connectivity index is 1.81. The van der Waals surface area contributed by atoms with Crippen molar-refractivity contribution < 1.29 is 4.79 Å². The second kappa shape index (κ2) is 5.77. The Morgan fingerprint density at radius 2 is 2.41 bits per heavy atom. The molecule has 1 aliphatic rings. The first-order valence-electron chi connectivity index (χ1n) is 6.18. The SMILES string of the molecule is Cc1ccc(CNC(=O)[C@@H]2CCCCN2)cn1. The van der Waals surface area contributed by atoms with Crippen molar-refractivity contribution in [1.29, 1.82) is 0 Å². The first-order valence-corrected chi connectivity index (χ1v) is 6.18. The average Bonchev–Trinajstić information content (AvgIpc) is 2.39. The van der Waals surface area contributed by atoms with Gasteiger partial charge in [0.2, 0.25) is 5.91 Å². The van der Waals surface area contributed by atoms with Crippen molar-refractivity contribution in [2.75, 3.05) is 6.54 Å². The molecule has 4 heteroatoms. The monoisotopic (exact) mass is 233 g/mol. The molecule has 0 radical (unpaired) electrons. The number of piperidine rings is 1. The highest BCUT2D eigenvalue weighted by Crippen LogP contribution is 2.07. The molecule has 1 aromatic rings. The molecule has 0 aromatic carbocycles. The molecule has 17 heavy (non-hydrogen) atoms. The molecule has 0 saturated carbocycles. The van der Waals surface area contributed by atoms with Crippen molar-refractivity contribution in [1.82, 2.24) is 15.6 Å². The van der Waals surface area contributed by atoms with Gasteiger partial charge < -0.3 is 10.6 Å². The van der Waals surface area contributed by atoms with Gasteiger partial charge in [-0.2, -0.15) is 0 Å². The Morgan fingerprint density at radius 1 is 1.53 bits per heavy atom. The van der Waals surface area contributed by atoms with Crippen LogP contribution >= 0.6 is 0 Å². The quantitative estimate of drug-likeness (QED) is 0.823. The van der Waals surface area contributed by atoms with Gasteiger partial charge in [0, 0.05) is 18.4 Å². The summed E-state index contributed by atoms with van der Waals surface area (Å²) in [5.41, 5.74) is 2.04. The topological polar surface area (TPSA) is 54.0 Å². The van der Waals surface area contributed by atoms with Crippen molar-refractivity contribution in [3.8, 4) is 0 Å². The fraction of sp³-hybridized carbons (Fsp3) is 0.538. The second-order valence-electron chi connectivity index (χ2n) is 4.53. The normalized spacial score (nSPS) is 19.9. The molecule has 1 aliphatic heterocycles. The van der Waals surface area contributed by atoms with E-state index in [2.05, 4.69) is 15.6 Å². The molecule has 1 aromatic heterocycles. The smallest absolute Gasteiger partial charge is 0.237 e. The Kier molecular flexibility index (Phi) is 4.09. The second-order valence-corrected chi connectivity index (χ2v) is 4.53. The molecule has 0 aliphatic carbocycles. The van der Waals surface area contributed by atoms with Gasteiger partial charge in [-0.3, -0.25) is 9.78 Å². The molecule has 1 atom stereocenters. The van der Waals surface area contributed by atoms with Gasteiger partial charge in [0.15, 0.2) is 0 Å². The van der Waals surface area contributed by atoms with Crippen LogP contribution in [0.1, 0.15) is 30.5 Å². The van der Waals surface area contributed by atoms with Gasteiger partial charge in [0.05, 0.1) is 6.04 Å². The lowest BCUT2D eigenvalue weighted by Gasteiger charge is -2.22. The van der Waals surface area contributed by atoms with Crippen molar-refractivity contribution in [2.24, 2.45) is 0 Å². The first kappa shape index (κ1) is 12.0. The number of hydrogen-bond acceptors (Lipinski definition) is 3. The minimum absolute atomic E-state index is 0.0119. The summed E-state index contributed by atoms with van der Waals surface area (Å²) in [5, 5.41) is 6.18. The zero-order valence-electron chi connectivity index (χ0n) is 10.2. The van der Waals surface area contributed by atoms with Crippen molar-refractivity contribution in [3.05, 3.63) is 29.6 Å². The molecule has 2 heterocycles. The lowest BCUT2D eigenvalue weighted by atomic mass is 10.0. The zero-order chi connectivity index (χ0) is 12.1. The number of aryl methyl sites for hydroxylation is 1. The van der Waals surface area contributed by atoms with Crippen molar-refractivity contribution >= 4 is 5.91 Å². The summed E-state index contributed by atoms with van der Waals surface area (Å²) in [7, 11) is 0. The van der Waals surface area contributed by atoms with Gasteiger partial charge in [-0.1, -0.05) is 12.5 Å². The molecular weight excluding hydrogens is 214 g/mol. The van der Waals surface area contributed by atoms with E-state index in [1.807, 2.05) is 25.3 Å². The number of carbonyl (C=O) groups excluding carboxylic acids is 1.